The summed E-state index contributed by atoms with van der Waals surface area (Å²) in [6.45, 7) is 3.94. The van der Waals surface area contributed by atoms with Crippen LogP contribution in [0.3, 0.4) is 0 Å². The fourth-order valence-electron chi connectivity index (χ4n) is 4.17. The molecule has 4 rings (SSSR count). The number of urea groups is 1. The van der Waals surface area contributed by atoms with Gasteiger partial charge in [-0.15, -0.1) is 0 Å². The number of nitrogens with one attached hydrogen (secondary N) is 2. The lowest BCUT2D eigenvalue weighted by Crippen LogP contribution is -2.40. The lowest BCUT2D eigenvalue weighted by atomic mass is 9.98. The van der Waals surface area contributed by atoms with E-state index in [0.717, 1.165) is 56.9 Å². The molecule has 3 fully saturated rings. The second-order valence-electron chi connectivity index (χ2n) is 7.24. The van der Waals surface area contributed by atoms with Gasteiger partial charge in [-0.1, -0.05) is 5.16 Å². The molecule has 1 aromatic rings. The van der Waals surface area contributed by atoms with Crippen LogP contribution < -0.4 is 10.6 Å². The molecule has 7 heteroatoms. The van der Waals surface area contributed by atoms with Gasteiger partial charge in [0, 0.05) is 38.7 Å². The highest BCUT2D eigenvalue weighted by atomic mass is 16.5. The van der Waals surface area contributed by atoms with Crippen LogP contribution in [-0.4, -0.2) is 66.3 Å². The maximum Gasteiger partial charge on any atom is 0.320 e. The molecule has 3 saturated heterocycles. The molecule has 2 bridgehead atoms. The summed E-state index contributed by atoms with van der Waals surface area (Å²) in [5.74, 6) is 0.911. The Morgan fingerprint density at radius 2 is 2.17 bits per heavy atom. The SMILES string of the molecule is CN1C(=O)N2C[C@H]1CC[C@H]2c1cc(CCNC2CCNCC2)on1. The second kappa shape index (κ2) is 6.72. The highest BCUT2D eigenvalue weighted by Crippen LogP contribution is 2.37. The van der Waals surface area contributed by atoms with Crippen LogP contribution in [0, 0.1) is 0 Å². The van der Waals surface area contributed by atoms with E-state index >= 15 is 0 Å². The van der Waals surface area contributed by atoms with Crippen molar-refractivity contribution in [2.24, 2.45) is 0 Å². The summed E-state index contributed by atoms with van der Waals surface area (Å²) >= 11 is 0. The maximum atomic E-state index is 12.3. The molecule has 2 N–H and O–H groups in total. The number of aromatic nitrogens is 1. The van der Waals surface area contributed by atoms with Gasteiger partial charge in [-0.05, 0) is 38.8 Å². The molecule has 1 aromatic heterocycles. The molecule has 3 aliphatic rings. The number of carbonyl (C=O) groups excluding carboxylic acids is 1. The predicted molar refractivity (Wildman–Crippen MR) is 89.7 cm³/mol. The minimum atomic E-state index is 0.0774. The van der Waals surface area contributed by atoms with Gasteiger partial charge in [0.2, 0.25) is 0 Å². The molecule has 3 aliphatic heterocycles. The molecule has 0 saturated carbocycles. The van der Waals surface area contributed by atoms with Gasteiger partial charge < -0.3 is 25.0 Å². The highest BCUT2D eigenvalue weighted by Gasteiger charge is 2.44. The van der Waals surface area contributed by atoms with Crippen LogP contribution in [0.25, 0.3) is 0 Å². The Bertz CT molecular complexity index is 583. The average Bonchev–Trinajstić information content (AvgIpc) is 3.17. The maximum absolute atomic E-state index is 12.3. The third kappa shape index (κ3) is 3.02. The van der Waals surface area contributed by atoms with Crippen molar-refractivity contribution in [3.05, 3.63) is 17.5 Å². The van der Waals surface area contributed by atoms with Crippen LogP contribution in [0.15, 0.2) is 10.6 Å². The smallest absolute Gasteiger partial charge is 0.320 e. The lowest BCUT2D eigenvalue weighted by Gasteiger charge is -2.28. The molecular weight excluding hydrogens is 306 g/mol. The highest BCUT2D eigenvalue weighted by molar-refractivity contribution is 5.77. The van der Waals surface area contributed by atoms with Crippen molar-refractivity contribution in [1.29, 1.82) is 0 Å². The Labute approximate surface area is 142 Å². The van der Waals surface area contributed by atoms with E-state index in [2.05, 4.69) is 15.8 Å². The van der Waals surface area contributed by atoms with E-state index in [1.54, 1.807) is 0 Å². The van der Waals surface area contributed by atoms with Gasteiger partial charge >= 0.3 is 6.03 Å². The van der Waals surface area contributed by atoms with Crippen LogP contribution in [0.2, 0.25) is 0 Å². The average molecular weight is 333 g/mol. The van der Waals surface area contributed by atoms with Crippen LogP contribution in [0.4, 0.5) is 4.79 Å². The van der Waals surface area contributed by atoms with Gasteiger partial charge in [-0.25, -0.2) is 4.79 Å². The summed E-state index contributed by atoms with van der Waals surface area (Å²) in [5, 5.41) is 11.2. The van der Waals surface area contributed by atoms with Gasteiger partial charge in [-0.3, -0.25) is 0 Å². The molecule has 132 valence electrons. The van der Waals surface area contributed by atoms with E-state index in [0.29, 0.717) is 12.1 Å². The molecule has 2 atom stereocenters. The summed E-state index contributed by atoms with van der Waals surface area (Å²) in [5.41, 5.74) is 0.911. The number of nitrogens with zero attached hydrogens (tertiary/aromatic N) is 3. The summed E-state index contributed by atoms with van der Waals surface area (Å²) < 4.78 is 5.52. The summed E-state index contributed by atoms with van der Waals surface area (Å²) in [7, 11) is 1.90. The quantitative estimate of drug-likeness (QED) is 0.845. The Kier molecular flexibility index (Phi) is 4.45. The van der Waals surface area contributed by atoms with Gasteiger partial charge in [0.15, 0.2) is 0 Å². The Balaban J connectivity index is 1.32. The number of fused-ring (bicyclic) bond motifs is 2. The summed E-state index contributed by atoms with van der Waals surface area (Å²) in [4.78, 5) is 16.1. The van der Waals surface area contributed by atoms with E-state index in [1.807, 2.05) is 22.9 Å². The Morgan fingerprint density at radius 1 is 1.33 bits per heavy atom. The van der Waals surface area contributed by atoms with Crippen molar-refractivity contribution in [1.82, 2.24) is 25.6 Å². The first kappa shape index (κ1) is 15.9. The second-order valence-corrected chi connectivity index (χ2v) is 7.24. The summed E-state index contributed by atoms with van der Waals surface area (Å²) in [6.07, 6.45) is 5.24. The number of hydrogen-bond donors (Lipinski definition) is 2. The molecule has 24 heavy (non-hydrogen) atoms. The van der Waals surface area contributed by atoms with E-state index in [9.17, 15) is 4.79 Å². The minimum absolute atomic E-state index is 0.0774. The fraction of sp³-hybridized carbons (Fsp3) is 0.765. The largest absolute Gasteiger partial charge is 0.361 e. The van der Waals surface area contributed by atoms with Gasteiger partial charge in [0.1, 0.15) is 11.5 Å². The van der Waals surface area contributed by atoms with E-state index in [1.165, 1.54) is 12.8 Å². The molecular formula is C17H27N5O2. The van der Waals surface area contributed by atoms with Crippen LogP contribution in [-0.2, 0) is 6.42 Å². The Morgan fingerprint density at radius 3 is 3.00 bits per heavy atom. The van der Waals surface area contributed by atoms with Crippen LogP contribution in [0.1, 0.15) is 43.2 Å². The van der Waals surface area contributed by atoms with Gasteiger partial charge in [-0.2, -0.15) is 0 Å². The molecule has 0 unspecified atom stereocenters. The molecule has 7 nitrogen and oxygen atoms in total. The standard InChI is InChI=1S/C17H27N5O2/c1-21-13-2-3-16(22(11-13)17(21)23)15-10-14(24-20-15)6-9-19-12-4-7-18-8-5-12/h10,12-13,16,18-19H,2-9,11H2,1H3/t13-,16+/m1/s1. The Hall–Kier alpha value is -1.60. The zero-order valence-electron chi connectivity index (χ0n) is 14.3. The third-order valence-electron chi connectivity index (χ3n) is 5.71. The zero-order valence-corrected chi connectivity index (χ0v) is 14.3. The summed E-state index contributed by atoms with van der Waals surface area (Å²) in [6, 6.07) is 3.23. The van der Waals surface area contributed by atoms with Crippen molar-refractivity contribution in [2.75, 3.05) is 33.2 Å². The van der Waals surface area contributed by atoms with Crippen molar-refractivity contribution in [2.45, 2.75) is 50.2 Å². The first-order valence-electron chi connectivity index (χ1n) is 9.15. The number of hydrogen-bond acceptors (Lipinski definition) is 5. The van der Waals surface area contributed by atoms with E-state index in [-0.39, 0.29) is 12.1 Å². The molecule has 0 aromatic carbocycles. The molecule has 2 amide bonds. The van der Waals surface area contributed by atoms with Crippen molar-refractivity contribution < 1.29 is 9.32 Å². The van der Waals surface area contributed by atoms with E-state index < -0.39 is 0 Å². The van der Waals surface area contributed by atoms with E-state index in [4.69, 9.17) is 4.52 Å². The van der Waals surface area contributed by atoms with Gasteiger partial charge in [0.25, 0.3) is 0 Å². The molecule has 0 radical (unpaired) electrons. The van der Waals surface area contributed by atoms with Crippen molar-refractivity contribution >= 4 is 6.03 Å². The number of rotatable bonds is 5. The number of likely N-dealkylation sites (N-methyl/N-ethyl adjacent to an activating group) is 1. The lowest BCUT2D eigenvalue weighted by molar-refractivity contribution is 0.177. The molecule has 4 heterocycles. The fourth-order valence-corrected chi connectivity index (χ4v) is 4.17. The van der Waals surface area contributed by atoms with Gasteiger partial charge in [0.05, 0.1) is 12.1 Å². The van der Waals surface area contributed by atoms with Crippen molar-refractivity contribution in [3.63, 3.8) is 0 Å². The number of amides is 2. The number of carbonyl (C=O) groups is 1. The monoisotopic (exact) mass is 333 g/mol. The first-order valence-corrected chi connectivity index (χ1v) is 9.15. The first-order chi connectivity index (χ1) is 11.7. The van der Waals surface area contributed by atoms with Crippen molar-refractivity contribution in [3.8, 4) is 0 Å². The normalized spacial score (nSPS) is 28.0. The zero-order chi connectivity index (χ0) is 16.5. The number of piperidine rings is 2. The minimum Gasteiger partial charge on any atom is -0.361 e. The van der Waals surface area contributed by atoms with Crippen LogP contribution in [0.5, 0.6) is 0 Å². The molecule has 0 spiro atoms. The topological polar surface area (TPSA) is 73.6 Å². The van der Waals surface area contributed by atoms with Crippen LogP contribution >= 0.6 is 0 Å². The molecule has 0 aliphatic carbocycles. The third-order valence-corrected chi connectivity index (χ3v) is 5.71. The predicted octanol–water partition coefficient (Wildman–Crippen LogP) is 1.13.